The van der Waals surface area contributed by atoms with E-state index in [1.54, 1.807) is 0 Å². The van der Waals surface area contributed by atoms with Crippen molar-refractivity contribution >= 4 is 23.6 Å². The number of hydrogen-bond acceptors (Lipinski definition) is 3. The molecule has 0 aromatic heterocycles. The van der Waals surface area contributed by atoms with Crippen LogP contribution < -0.4 is 0 Å². The molecule has 0 spiro atoms. The van der Waals surface area contributed by atoms with E-state index in [4.69, 9.17) is 5.11 Å². The number of carbonyl (C=O) groups is 2. The molecule has 4 nitrogen and oxygen atoms in total. The number of carboxylic acids is 1. The Morgan fingerprint density at radius 3 is 2.37 bits per heavy atom. The molecule has 0 aliphatic carbocycles. The fourth-order valence-corrected chi connectivity index (χ4v) is 2.84. The van der Waals surface area contributed by atoms with Crippen LogP contribution in [-0.4, -0.2) is 39.6 Å². The van der Waals surface area contributed by atoms with Gasteiger partial charge in [0, 0.05) is 11.3 Å². The Bertz CT molecular complexity index is 529. The zero-order valence-corrected chi connectivity index (χ0v) is 10.2. The van der Waals surface area contributed by atoms with Crippen LogP contribution in [0.25, 0.3) is 0 Å². The van der Waals surface area contributed by atoms with Crippen LogP contribution in [0.2, 0.25) is 0 Å². The van der Waals surface area contributed by atoms with E-state index < -0.39 is 40.9 Å². The highest BCUT2D eigenvalue weighted by Gasteiger charge is 2.35. The van der Waals surface area contributed by atoms with Crippen molar-refractivity contribution in [2.75, 3.05) is 11.6 Å². The highest BCUT2D eigenvalue weighted by molar-refractivity contribution is 7.99. The maximum Gasteiger partial charge on any atom is 0.327 e. The third-order valence-electron chi connectivity index (χ3n) is 2.66. The Morgan fingerprint density at radius 2 is 1.84 bits per heavy atom. The van der Waals surface area contributed by atoms with E-state index in [2.05, 4.69) is 0 Å². The van der Waals surface area contributed by atoms with Gasteiger partial charge >= 0.3 is 5.97 Å². The highest BCUT2D eigenvalue weighted by Crippen LogP contribution is 2.24. The van der Waals surface area contributed by atoms with Crippen molar-refractivity contribution in [1.82, 2.24) is 4.90 Å². The fourth-order valence-electron chi connectivity index (χ4n) is 1.69. The number of carbonyl (C=O) groups excluding carboxylic acids is 1. The number of thioether (sulfide) groups is 1. The van der Waals surface area contributed by atoms with E-state index in [0.717, 1.165) is 4.90 Å². The fraction of sp³-hybridized carbons (Fsp3) is 0.273. The summed E-state index contributed by atoms with van der Waals surface area (Å²) >= 11 is 1.22. The third-order valence-corrected chi connectivity index (χ3v) is 3.67. The number of amides is 1. The number of rotatable bonds is 2. The Morgan fingerprint density at radius 1 is 1.26 bits per heavy atom. The van der Waals surface area contributed by atoms with Gasteiger partial charge in [-0.2, -0.15) is 0 Å². The highest BCUT2D eigenvalue weighted by atomic mass is 32.2. The molecule has 1 heterocycles. The molecule has 0 saturated carbocycles. The number of carboxylic acid groups (broad SMARTS) is 1. The van der Waals surface area contributed by atoms with Crippen molar-refractivity contribution < 1.29 is 27.9 Å². The molecular weight excluding hydrogens is 283 g/mol. The van der Waals surface area contributed by atoms with Crippen molar-refractivity contribution in [3.05, 3.63) is 35.1 Å². The van der Waals surface area contributed by atoms with Gasteiger partial charge in [0.1, 0.15) is 6.04 Å². The summed E-state index contributed by atoms with van der Waals surface area (Å²) in [6, 6.07) is 0.0688. The van der Waals surface area contributed by atoms with Crippen LogP contribution in [0.15, 0.2) is 12.1 Å². The Labute approximate surface area is 110 Å². The predicted molar refractivity (Wildman–Crippen MR) is 61.2 cm³/mol. The van der Waals surface area contributed by atoms with Crippen LogP contribution in [0.1, 0.15) is 10.4 Å². The van der Waals surface area contributed by atoms with Crippen molar-refractivity contribution in [2.24, 2.45) is 0 Å². The van der Waals surface area contributed by atoms with Crippen molar-refractivity contribution in [1.29, 1.82) is 0 Å². The molecule has 1 amide bonds. The van der Waals surface area contributed by atoms with Crippen LogP contribution in [-0.2, 0) is 4.79 Å². The second kappa shape index (κ2) is 5.12. The van der Waals surface area contributed by atoms with Gasteiger partial charge < -0.3 is 10.0 Å². The van der Waals surface area contributed by atoms with Gasteiger partial charge in [0.05, 0.1) is 5.88 Å². The van der Waals surface area contributed by atoms with Crippen LogP contribution >= 0.6 is 11.8 Å². The van der Waals surface area contributed by atoms with Gasteiger partial charge in [-0.3, -0.25) is 4.79 Å². The SMILES string of the molecule is O=C(O)[C@@H]1CSCN1C(=O)c1cc(F)c(F)c(F)c1. The summed E-state index contributed by atoms with van der Waals surface area (Å²) in [4.78, 5) is 23.9. The third kappa shape index (κ3) is 2.53. The lowest BCUT2D eigenvalue weighted by Gasteiger charge is -2.20. The zero-order valence-electron chi connectivity index (χ0n) is 9.40. The lowest BCUT2D eigenvalue weighted by molar-refractivity contribution is -0.140. The normalized spacial score (nSPS) is 18.7. The van der Waals surface area contributed by atoms with Crippen molar-refractivity contribution in [3.63, 3.8) is 0 Å². The van der Waals surface area contributed by atoms with Crippen molar-refractivity contribution in [3.8, 4) is 0 Å². The molecule has 1 aromatic carbocycles. The summed E-state index contributed by atoms with van der Waals surface area (Å²) in [5.74, 6) is -6.35. The molecule has 1 aliphatic heterocycles. The Balaban J connectivity index is 2.32. The van der Waals surface area contributed by atoms with Crippen molar-refractivity contribution in [2.45, 2.75) is 6.04 Å². The number of aliphatic carboxylic acids is 1. The van der Waals surface area contributed by atoms with Gasteiger partial charge in [-0.15, -0.1) is 11.8 Å². The van der Waals surface area contributed by atoms with Crippen LogP contribution in [0.5, 0.6) is 0 Å². The molecule has 0 bridgehead atoms. The lowest BCUT2D eigenvalue weighted by atomic mass is 10.1. The first kappa shape index (κ1) is 13.7. The molecule has 2 rings (SSSR count). The molecule has 1 atom stereocenters. The summed E-state index contributed by atoms with van der Waals surface area (Å²) in [5, 5.41) is 8.92. The molecule has 1 fully saturated rings. The lowest BCUT2D eigenvalue weighted by Crippen LogP contribution is -2.41. The zero-order chi connectivity index (χ0) is 14.2. The summed E-state index contributed by atoms with van der Waals surface area (Å²) in [5.41, 5.74) is -0.412. The minimum absolute atomic E-state index is 0.108. The second-order valence-corrected chi connectivity index (χ2v) is 4.88. The first-order valence-corrected chi connectivity index (χ1v) is 6.33. The minimum atomic E-state index is -1.66. The minimum Gasteiger partial charge on any atom is -0.480 e. The van der Waals surface area contributed by atoms with Gasteiger partial charge in [0.25, 0.3) is 5.91 Å². The van der Waals surface area contributed by atoms with E-state index in [0.29, 0.717) is 12.1 Å². The largest absolute Gasteiger partial charge is 0.480 e. The van der Waals surface area contributed by atoms with Gasteiger partial charge in [0.2, 0.25) is 0 Å². The molecule has 0 radical (unpaired) electrons. The first-order chi connectivity index (χ1) is 8.91. The summed E-state index contributed by atoms with van der Waals surface area (Å²) in [6.07, 6.45) is 0. The summed E-state index contributed by atoms with van der Waals surface area (Å²) in [6.45, 7) is 0. The van der Waals surface area contributed by atoms with E-state index in [9.17, 15) is 22.8 Å². The summed E-state index contributed by atoms with van der Waals surface area (Å²) < 4.78 is 38.9. The standard InChI is InChI=1S/C11H8F3NO3S/c12-6-1-5(2-7(13)9(6)14)10(16)15-4-19-3-8(15)11(17)18/h1-2,8H,3-4H2,(H,17,18)/t8-/m0/s1. The quantitative estimate of drug-likeness (QED) is 0.843. The average molecular weight is 291 g/mol. The predicted octanol–water partition coefficient (Wildman–Crippen LogP) is 1.70. The number of benzene rings is 1. The number of nitrogens with zero attached hydrogens (tertiary/aromatic N) is 1. The van der Waals surface area contributed by atoms with Gasteiger partial charge in [-0.25, -0.2) is 18.0 Å². The molecule has 1 saturated heterocycles. The van der Waals surface area contributed by atoms with E-state index in [-0.39, 0.29) is 11.6 Å². The van der Waals surface area contributed by atoms with Crippen LogP contribution in [0.4, 0.5) is 13.2 Å². The Hall–Kier alpha value is -1.70. The monoisotopic (exact) mass is 291 g/mol. The maximum absolute atomic E-state index is 13.0. The first-order valence-electron chi connectivity index (χ1n) is 5.18. The maximum atomic E-state index is 13.0. The topological polar surface area (TPSA) is 57.6 Å². The van der Waals surface area contributed by atoms with Crippen LogP contribution in [0, 0.1) is 17.5 Å². The van der Waals surface area contributed by atoms with Gasteiger partial charge in [-0.1, -0.05) is 0 Å². The number of halogens is 3. The molecule has 1 aliphatic rings. The molecule has 1 N–H and O–H groups in total. The smallest absolute Gasteiger partial charge is 0.327 e. The molecular formula is C11H8F3NO3S. The summed E-state index contributed by atoms with van der Waals surface area (Å²) in [7, 11) is 0. The molecule has 19 heavy (non-hydrogen) atoms. The molecule has 8 heteroatoms. The average Bonchev–Trinajstić information content (AvgIpc) is 2.83. The van der Waals surface area contributed by atoms with E-state index >= 15 is 0 Å². The number of hydrogen-bond donors (Lipinski definition) is 1. The molecule has 1 aromatic rings. The Kier molecular flexibility index (Phi) is 3.70. The van der Waals surface area contributed by atoms with E-state index in [1.807, 2.05) is 0 Å². The van der Waals surface area contributed by atoms with Crippen LogP contribution in [0.3, 0.4) is 0 Å². The van der Waals surface area contributed by atoms with E-state index in [1.165, 1.54) is 11.8 Å². The van der Waals surface area contributed by atoms with Gasteiger partial charge in [-0.05, 0) is 12.1 Å². The molecule has 102 valence electrons. The second-order valence-electron chi connectivity index (χ2n) is 3.88. The van der Waals surface area contributed by atoms with Gasteiger partial charge in [0.15, 0.2) is 17.5 Å². The molecule has 0 unspecified atom stereocenters.